The number of ketones is 1. The summed E-state index contributed by atoms with van der Waals surface area (Å²) >= 11 is 0. The molecule has 0 fully saturated rings. The lowest BCUT2D eigenvalue weighted by Gasteiger charge is -2.21. The fourth-order valence-electron chi connectivity index (χ4n) is 2.14. The molecule has 1 aliphatic heterocycles. The van der Waals surface area contributed by atoms with Gasteiger partial charge in [0.2, 0.25) is 0 Å². The minimum absolute atomic E-state index is 0.223. The predicted molar refractivity (Wildman–Crippen MR) is 64.4 cm³/mol. The van der Waals surface area contributed by atoms with Crippen molar-refractivity contribution < 1.29 is 9.53 Å². The van der Waals surface area contributed by atoms with Gasteiger partial charge in [-0.1, -0.05) is 6.07 Å². The highest BCUT2D eigenvalue weighted by molar-refractivity contribution is 6.03. The van der Waals surface area contributed by atoms with Crippen molar-refractivity contribution in [3.63, 3.8) is 0 Å². The van der Waals surface area contributed by atoms with Gasteiger partial charge in [-0.05, 0) is 25.5 Å². The van der Waals surface area contributed by atoms with Crippen LogP contribution in [0.1, 0.15) is 30.1 Å². The van der Waals surface area contributed by atoms with E-state index in [2.05, 4.69) is 4.90 Å². The van der Waals surface area contributed by atoms with Crippen LogP contribution in [-0.2, 0) is 0 Å². The number of carbonyl (C=O) groups is 1. The van der Waals surface area contributed by atoms with Crippen LogP contribution < -0.4 is 9.64 Å². The zero-order chi connectivity index (χ0) is 11.5. The molecule has 1 heterocycles. The topological polar surface area (TPSA) is 29.5 Å². The summed E-state index contributed by atoms with van der Waals surface area (Å²) in [5.74, 6) is 1.04. The molecule has 2 rings (SSSR count). The van der Waals surface area contributed by atoms with E-state index in [0.29, 0.717) is 13.0 Å². The van der Waals surface area contributed by atoms with Crippen molar-refractivity contribution in [3.8, 4) is 5.75 Å². The Balaban J connectivity index is 2.51. The monoisotopic (exact) mass is 219 g/mol. The highest BCUT2D eigenvalue weighted by Gasteiger charge is 2.21. The minimum Gasteiger partial charge on any atom is -0.492 e. The van der Waals surface area contributed by atoms with Crippen LogP contribution in [0.25, 0.3) is 0 Å². The van der Waals surface area contributed by atoms with Gasteiger partial charge >= 0.3 is 0 Å². The Morgan fingerprint density at radius 2 is 2.25 bits per heavy atom. The molecule has 0 unspecified atom stereocenters. The number of nitrogens with zero attached hydrogens (tertiary/aromatic N) is 1. The summed E-state index contributed by atoms with van der Waals surface area (Å²) in [6, 6.07) is 5.71. The minimum atomic E-state index is 0.223. The third kappa shape index (κ3) is 1.90. The van der Waals surface area contributed by atoms with Gasteiger partial charge in [0, 0.05) is 25.6 Å². The second kappa shape index (κ2) is 4.56. The smallest absolute Gasteiger partial charge is 0.165 e. The molecule has 0 amide bonds. The van der Waals surface area contributed by atoms with Gasteiger partial charge in [0.25, 0.3) is 0 Å². The Morgan fingerprint density at radius 3 is 3.00 bits per heavy atom. The van der Waals surface area contributed by atoms with E-state index in [4.69, 9.17) is 4.74 Å². The fourth-order valence-corrected chi connectivity index (χ4v) is 2.14. The molecule has 0 spiro atoms. The van der Waals surface area contributed by atoms with E-state index in [1.165, 1.54) is 0 Å². The molecule has 0 aliphatic carbocycles. The van der Waals surface area contributed by atoms with E-state index in [-0.39, 0.29) is 5.78 Å². The molecule has 0 saturated heterocycles. The number of rotatable bonds is 2. The lowest BCUT2D eigenvalue weighted by atomic mass is 10.1. The van der Waals surface area contributed by atoms with E-state index >= 15 is 0 Å². The molecule has 0 aromatic heterocycles. The SMILES string of the molecule is CCOc1cccc2c1N(C)CCCC2=O. The van der Waals surface area contributed by atoms with Crippen molar-refractivity contribution in [3.05, 3.63) is 23.8 Å². The van der Waals surface area contributed by atoms with Crippen molar-refractivity contribution in [1.29, 1.82) is 0 Å². The first-order valence-corrected chi connectivity index (χ1v) is 5.74. The van der Waals surface area contributed by atoms with Gasteiger partial charge in [-0.15, -0.1) is 0 Å². The Morgan fingerprint density at radius 1 is 1.44 bits per heavy atom. The van der Waals surface area contributed by atoms with Gasteiger partial charge in [-0.25, -0.2) is 0 Å². The molecule has 0 saturated carbocycles. The molecule has 0 radical (unpaired) electrons. The van der Waals surface area contributed by atoms with Crippen molar-refractivity contribution in [2.24, 2.45) is 0 Å². The Bertz CT molecular complexity index is 401. The number of Topliss-reactive ketones (excluding diaryl/α,β-unsaturated/α-hetero) is 1. The number of hydrogen-bond acceptors (Lipinski definition) is 3. The summed E-state index contributed by atoms with van der Waals surface area (Å²) in [6.07, 6.45) is 1.54. The highest BCUT2D eigenvalue weighted by Crippen LogP contribution is 2.34. The first-order valence-electron chi connectivity index (χ1n) is 5.74. The van der Waals surface area contributed by atoms with Gasteiger partial charge in [0.15, 0.2) is 5.78 Å². The van der Waals surface area contributed by atoms with Crippen LogP contribution in [0.5, 0.6) is 5.75 Å². The molecule has 3 nitrogen and oxygen atoms in total. The van der Waals surface area contributed by atoms with Crippen LogP contribution in [0.4, 0.5) is 5.69 Å². The summed E-state index contributed by atoms with van der Waals surface area (Å²) < 4.78 is 5.58. The van der Waals surface area contributed by atoms with E-state index in [1.807, 2.05) is 32.2 Å². The number of anilines is 1. The first kappa shape index (κ1) is 11.0. The average molecular weight is 219 g/mol. The van der Waals surface area contributed by atoms with Crippen LogP contribution in [0, 0.1) is 0 Å². The quantitative estimate of drug-likeness (QED) is 0.765. The zero-order valence-corrected chi connectivity index (χ0v) is 9.82. The molecule has 0 N–H and O–H groups in total. The summed E-state index contributed by atoms with van der Waals surface area (Å²) in [5.41, 5.74) is 1.75. The number of fused-ring (bicyclic) bond motifs is 1. The Labute approximate surface area is 96.0 Å². The van der Waals surface area contributed by atoms with Gasteiger partial charge < -0.3 is 9.64 Å². The third-order valence-electron chi connectivity index (χ3n) is 2.88. The molecule has 1 aliphatic rings. The molecular formula is C13H17NO2. The maximum Gasteiger partial charge on any atom is 0.165 e. The summed E-state index contributed by atoms with van der Waals surface area (Å²) in [4.78, 5) is 14.0. The lowest BCUT2D eigenvalue weighted by molar-refractivity contribution is 0.0983. The molecular weight excluding hydrogens is 202 g/mol. The molecule has 16 heavy (non-hydrogen) atoms. The van der Waals surface area contributed by atoms with Crippen LogP contribution in [0.15, 0.2) is 18.2 Å². The van der Waals surface area contributed by atoms with Gasteiger partial charge in [0.05, 0.1) is 12.3 Å². The predicted octanol–water partition coefficient (Wildman–Crippen LogP) is 2.50. The van der Waals surface area contributed by atoms with Crippen LogP contribution in [0.3, 0.4) is 0 Å². The maximum absolute atomic E-state index is 11.9. The number of ether oxygens (including phenoxy) is 1. The van der Waals surface area contributed by atoms with Gasteiger partial charge in [0.1, 0.15) is 5.75 Å². The standard InChI is InChI=1S/C13H17NO2/c1-3-16-12-8-4-6-10-11(15)7-5-9-14(2)13(10)12/h4,6,8H,3,5,7,9H2,1-2H3. The third-order valence-corrected chi connectivity index (χ3v) is 2.88. The summed E-state index contributed by atoms with van der Waals surface area (Å²) in [5, 5.41) is 0. The largest absolute Gasteiger partial charge is 0.492 e. The average Bonchev–Trinajstić information content (AvgIpc) is 2.41. The van der Waals surface area contributed by atoms with Crippen molar-refractivity contribution in [2.45, 2.75) is 19.8 Å². The summed E-state index contributed by atoms with van der Waals surface area (Å²) in [7, 11) is 2.01. The van der Waals surface area contributed by atoms with E-state index in [0.717, 1.165) is 30.0 Å². The highest BCUT2D eigenvalue weighted by atomic mass is 16.5. The van der Waals surface area contributed by atoms with Gasteiger partial charge in [-0.3, -0.25) is 4.79 Å². The molecule has 1 aromatic rings. The van der Waals surface area contributed by atoms with Crippen LogP contribution in [0.2, 0.25) is 0 Å². The first-order chi connectivity index (χ1) is 7.74. The Hall–Kier alpha value is -1.51. The fraction of sp³-hybridized carbons (Fsp3) is 0.462. The number of para-hydroxylation sites is 1. The molecule has 86 valence electrons. The second-order valence-electron chi connectivity index (χ2n) is 4.03. The van der Waals surface area contributed by atoms with E-state index in [1.54, 1.807) is 0 Å². The molecule has 0 bridgehead atoms. The van der Waals surface area contributed by atoms with Crippen molar-refractivity contribution >= 4 is 11.5 Å². The number of benzene rings is 1. The number of carbonyl (C=O) groups excluding carboxylic acids is 1. The molecule has 1 aromatic carbocycles. The Kier molecular flexibility index (Phi) is 3.13. The van der Waals surface area contributed by atoms with Gasteiger partial charge in [-0.2, -0.15) is 0 Å². The second-order valence-corrected chi connectivity index (χ2v) is 4.03. The number of hydrogen-bond donors (Lipinski definition) is 0. The summed E-state index contributed by atoms with van der Waals surface area (Å²) in [6.45, 7) is 3.49. The molecule has 3 heteroatoms. The van der Waals surface area contributed by atoms with Crippen molar-refractivity contribution in [1.82, 2.24) is 0 Å². The molecule has 0 atom stereocenters. The van der Waals surface area contributed by atoms with E-state index in [9.17, 15) is 4.79 Å². The van der Waals surface area contributed by atoms with E-state index < -0.39 is 0 Å². The lowest BCUT2D eigenvalue weighted by Crippen LogP contribution is -2.19. The van der Waals surface area contributed by atoms with Crippen LogP contribution in [-0.4, -0.2) is 26.0 Å². The zero-order valence-electron chi connectivity index (χ0n) is 9.82. The maximum atomic E-state index is 11.9. The van der Waals surface area contributed by atoms with Crippen LogP contribution >= 0.6 is 0 Å². The normalized spacial score (nSPS) is 15.6. The van der Waals surface area contributed by atoms with Crippen molar-refractivity contribution in [2.75, 3.05) is 25.1 Å².